The quantitative estimate of drug-likeness (QED) is 0.562. The first kappa shape index (κ1) is 19.9. The lowest BCUT2D eigenvalue weighted by Crippen LogP contribution is -2.27. The number of fused-ring (bicyclic) bond motifs is 1. The molecule has 0 saturated heterocycles. The second-order valence-corrected chi connectivity index (χ2v) is 8.31. The molecule has 0 radical (unpaired) electrons. The Balaban J connectivity index is 1.51. The molecule has 0 saturated carbocycles. The molecule has 2 heterocycles. The van der Waals surface area contributed by atoms with Crippen molar-refractivity contribution in [3.8, 4) is 11.3 Å². The van der Waals surface area contributed by atoms with Gasteiger partial charge in [-0.25, -0.2) is 4.98 Å². The van der Waals surface area contributed by atoms with Crippen molar-refractivity contribution in [1.82, 2.24) is 4.98 Å². The molecular weight excluding hydrogens is 429 g/mol. The number of benzene rings is 2. The second kappa shape index (κ2) is 8.14. The molecule has 1 aliphatic heterocycles. The van der Waals surface area contributed by atoms with E-state index in [-0.39, 0.29) is 11.8 Å². The van der Waals surface area contributed by atoms with Gasteiger partial charge in [-0.1, -0.05) is 30.1 Å². The van der Waals surface area contributed by atoms with Gasteiger partial charge < -0.3 is 4.90 Å². The Bertz CT molecular complexity index is 1110. The molecule has 1 aromatic heterocycles. The Labute approximate surface area is 182 Å². The van der Waals surface area contributed by atoms with E-state index in [9.17, 15) is 9.59 Å². The van der Waals surface area contributed by atoms with Crippen LogP contribution in [0.1, 0.15) is 29.3 Å². The predicted molar refractivity (Wildman–Crippen MR) is 118 cm³/mol. The zero-order valence-electron chi connectivity index (χ0n) is 15.5. The summed E-state index contributed by atoms with van der Waals surface area (Å²) in [6, 6.07) is 10.6. The molecule has 1 N–H and O–H groups in total. The molecule has 2 aromatic carbocycles. The lowest BCUT2D eigenvalue weighted by molar-refractivity contribution is -0.118. The summed E-state index contributed by atoms with van der Waals surface area (Å²) in [7, 11) is 0. The summed E-state index contributed by atoms with van der Waals surface area (Å²) < 4.78 is 0. The lowest BCUT2D eigenvalue weighted by atomic mass is 10.1. The highest BCUT2D eigenvalue weighted by atomic mass is 35.5. The summed E-state index contributed by atoms with van der Waals surface area (Å²) >= 11 is 13.5. The molecule has 3 aromatic rings. The highest BCUT2D eigenvalue weighted by molar-refractivity contribution is 7.14. The highest BCUT2D eigenvalue weighted by Crippen LogP contribution is 2.33. The maximum Gasteiger partial charge on any atom is 0.257 e. The fourth-order valence-corrected chi connectivity index (χ4v) is 4.53. The van der Waals surface area contributed by atoms with Crippen molar-refractivity contribution in [3.63, 3.8) is 0 Å². The van der Waals surface area contributed by atoms with Crippen LogP contribution in [0, 0.1) is 0 Å². The maximum atomic E-state index is 12.7. The third-order valence-corrected chi connectivity index (χ3v) is 6.08. The van der Waals surface area contributed by atoms with E-state index in [1.54, 1.807) is 29.2 Å². The SMILES string of the molecule is CCC(=O)N1CCc2cc(C(=O)Nc3nc(-c4ccc(Cl)cc4Cl)cs3)ccc21. The van der Waals surface area contributed by atoms with Gasteiger partial charge in [0, 0.05) is 40.2 Å². The van der Waals surface area contributed by atoms with E-state index >= 15 is 0 Å². The van der Waals surface area contributed by atoms with E-state index in [0.717, 1.165) is 23.2 Å². The Morgan fingerprint density at radius 2 is 2.03 bits per heavy atom. The Morgan fingerprint density at radius 1 is 1.21 bits per heavy atom. The summed E-state index contributed by atoms with van der Waals surface area (Å²) in [5, 5.41) is 6.21. The van der Waals surface area contributed by atoms with Crippen molar-refractivity contribution in [2.24, 2.45) is 0 Å². The van der Waals surface area contributed by atoms with Crippen molar-refractivity contribution >= 4 is 57.2 Å². The number of hydrogen-bond donors (Lipinski definition) is 1. The molecule has 0 aliphatic carbocycles. The number of halogens is 2. The van der Waals surface area contributed by atoms with Gasteiger partial charge in [-0.15, -0.1) is 11.3 Å². The predicted octanol–water partition coefficient (Wildman–Crippen LogP) is 5.67. The Morgan fingerprint density at radius 3 is 2.79 bits per heavy atom. The van der Waals surface area contributed by atoms with E-state index < -0.39 is 0 Å². The number of thiazole rings is 1. The molecule has 29 heavy (non-hydrogen) atoms. The molecular formula is C21H17Cl2N3O2S. The average Bonchev–Trinajstić information content (AvgIpc) is 3.33. The minimum Gasteiger partial charge on any atom is -0.312 e. The average molecular weight is 446 g/mol. The zero-order chi connectivity index (χ0) is 20.5. The highest BCUT2D eigenvalue weighted by Gasteiger charge is 2.24. The molecule has 0 unspecified atom stereocenters. The van der Waals surface area contributed by atoms with Crippen LogP contribution in [0.5, 0.6) is 0 Å². The summed E-state index contributed by atoms with van der Waals surface area (Å²) in [5.74, 6) is -0.145. The van der Waals surface area contributed by atoms with Crippen LogP contribution in [0.25, 0.3) is 11.3 Å². The van der Waals surface area contributed by atoms with E-state index in [0.29, 0.717) is 39.4 Å². The summed E-state index contributed by atoms with van der Waals surface area (Å²) in [4.78, 5) is 30.9. The van der Waals surface area contributed by atoms with Crippen LogP contribution in [-0.4, -0.2) is 23.3 Å². The van der Waals surface area contributed by atoms with E-state index in [4.69, 9.17) is 23.2 Å². The van der Waals surface area contributed by atoms with Crippen LogP contribution in [0.15, 0.2) is 41.8 Å². The smallest absolute Gasteiger partial charge is 0.257 e. The molecule has 4 rings (SSSR count). The van der Waals surface area contributed by atoms with Gasteiger partial charge in [-0.3, -0.25) is 14.9 Å². The van der Waals surface area contributed by atoms with Gasteiger partial charge in [0.2, 0.25) is 5.91 Å². The molecule has 0 bridgehead atoms. The van der Waals surface area contributed by atoms with Crippen molar-refractivity contribution in [2.75, 3.05) is 16.8 Å². The van der Waals surface area contributed by atoms with Gasteiger partial charge in [0.1, 0.15) is 0 Å². The van der Waals surface area contributed by atoms with Crippen molar-refractivity contribution in [2.45, 2.75) is 19.8 Å². The summed E-state index contributed by atoms with van der Waals surface area (Å²) in [5.41, 5.74) is 3.87. The number of nitrogens with one attached hydrogen (secondary N) is 1. The molecule has 148 valence electrons. The number of rotatable bonds is 4. The first-order valence-electron chi connectivity index (χ1n) is 9.12. The number of anilines is 2. The fraction of sp³-hybridized carbons (Fsp3) is 0.190. The van der Waals surface area contributed by atoms with Crippen LogP contribution < -0.4 is 10.2 Å². The lowest BCUT2D eigenvalue weighted by Gasteiger charge is -2.16. The zero-order valence-corrected chi connectivity index (χ0v) is 17.9. The molecule has 1 aliphatic rings. The van der Waals surface area contributed by atoms with Gasteiger partial charge in [-0.05, 0) is 48.4 Å². The fourth-order valence-electron chi connectivity index (χ4n) is 3.31. The van der Waals surface area contributed by atoms with Crippen molar-refractivity contribution in [1.29, 1.82) is 0 Å². The Hall–Kier alpha value is -2.41. The number of hydrogen-bond acceptors (Lipinski definition) is 4. The minimum absolute atomic E-state index is 0.0946. The minimum atomic E-state index is -0.240. The summed E-state index contributed by atoms with van der Waals surface area (Å²) in [6.45, 7) is 2.51. The van der Waals surface area contributed by atoms with Gasteiger partial charge in [-0.2, -0.15) is 0 Å². The molecule has 5 nitrogen and oxygen atoms in total. The standard InChI is InChI=1S/C21H17Cl2N3O2S/c1-2-19(27)26-8-7-12-9-13(3-6-18(12)26)20(28)25-21-24-17(11-29-21)15-5-4-14(22)10-16(15)23/h3-6,9-11H,2,7-8H2,1H3,(H,24,25,28). The van der Waals surface area contributed by atoms with Crippen molar-refractivity contribution < 1.29 is 9.59 Å². The second-order valence-electron chi connectivity index (χ2n) is 6.61. The third-order valence-electron chi connectivity index (χ3n) is 4.77. The van der Waals surface area contributed by atoms with Gasteiger partial charge in [0.25, 0.3) is 5.91 Å². The van der Waals surface area contributed by atoms with Crippen LogP contribution in [0.4, 0.5) is 10.8 Å². The van der Waals surface area contributed by atoms with Crippen LogP contribution in [0.3, 0.4) is 0 Å². The number of carbonyl (C=O) groups excluding carboxylic acids is 2. The van der Waals surface area contributed by atoms with E-state index in [1.807, 2.05) is 24.4 Å². The number of aromatic nitrogens is 1. The normalized spacial score (nSPS) is 12.7. The number of amides is 2. The van der Waals surface area contributed by atoms with Gasteiger partial charge in [0.05, 0.1) is 10.7 Å². The molecule has 8 heteroatoms. The monoisotopic (exact) mass is 445 g/mol. The molecule has 0 atom stereocenters. The van der Waals surface area contributed by atoms with Crippen LogP contribution in [-0.2, 0) is 11.2 Å². The van der Waals surface area contributed by atoms with Gasteiger partial charge >= 0.3 is 0 Å². The Kier molecular flexibility index (Phi) is 5.58. The molecule has 0 spiro atoms. The van der Waals surface area contributed by atoms with Crippen LogP contribution >= 0.6 is 34.5 Å². The number of carbonyl (C=O) groups is 2. The first-order chi connectivity index (χ1) is 14.0. The number of nitrogens with zero attached hydrogens (tertiary/aromatic N) is 2. The van der Waals surface area contributed by atoms with Crippen LogP contribution in [0.2, 0.25) is 10.0 Å². The molecule has 2 amide bonds. The largest absolute Gasteiger partial charge is 0.312 e. The summed E-state index contributed by atoms with van der Waals surface area (Å²) in [6.07, 6.45) is 1.21. The topological polar surface area (TPSA) is 62.3 Å². The van der Waals surface area contributed by atoms with Crippen molar-refractivity contribution in [3.05, 3.63) is 63.0 Å². The van der Waals surface area contributed by atoms with E-state index in [1.165, 1.54) is 11.3 Å². The van der Waals surface area contributed by atoms with Gasteiger partial charge in [0.15, 0.2) is 5.13 Å². The third kappa shape index (κ3) is 4.01. The first-order valence-corrected chi connectivity index (χ1v) is 10.8. The maximum absolute atomic E-state index is 12.7. The molecule has 0 fully saturated rings. The van der Waals surface area contributed by atoms with E-state index in [2.05, 4.69) is 10.3 Å².